The highest BCUT2D eigenvalue weighted by Gasteiger charge is 2.30. The lowest BCUT2D eigenvalue weighted by Crippen LogP contribution is -2.34. The largest absolute Gasteiger partial charge is 0.478 e. The third-order valence-electron chi connectivity index (χ3n) is 3.96. The number of anilines is 1. The predicted molar refractivity (Wildman–Crippen MR) is 79.2 cm³/mol. The SMILES string of the molecule is O=C(O)c1ccc(NC2CC(c3cccc(F)c3)C2)cc1. The topological polar surface area (TPSA) is 49.3 Å². The molecule has 2 N–H and O–H groups in total. The summed E-state index contributed by atoms with van der Waals surface area (Å²) in [6.45, 7) is 0. The molecule has 0 aromatic heterocycles. The van der Waals surface area contributed by atoms with Crippen molar-refractivity contribution in [3.63, 3.8) is 0 Å². The van der Waals surface area contributed by atoms with Gasteiger partial charge in [-0.1, -0.05) is 12.1 Å². The highest BCUT2D eigenvalue weighted by Crippen LogP contribution is 2.38. The van der Waals surface area contributed by atoms with Crippen LogP contribution in [0.1, 0.15) is 34.7 Å². The standard InChI is InChI=1S/C17H16FNO2/c18-14-3-1-2-12(8-14)13-9-16(10-13)19-15-6-4-11(5-7-15)17(20)21/h1-8,13,16,19H,9-10H2,(H,20,21). The van der Waals surface area contributed by atoms with Crippen molar-refractivity contribution < 1.29 is 14.3 Å². The molecule has 0 amide bonds. The minimum Gasteiger partial charge on any atom is -0.478 e. The van der Waals surface area contributed by atoms with Crippen molar-refractivity contribution in [3.8, 4) is 0 Å². The lowest BCUT2D eigenvalue weighted by molar-refractivity contribution is 0.0697. The average Bonchev–Trinajstić information content (AvgIpc) is 2.43. The molecule has 0 unspecified atom stereocenters. The number of nitrogens with one attached hydrogen (secondary N) is 1. The Balaban J connectivity index is 1.56. The van der Waals surface area contributed by atoms with E-state index in [1.54, 1.807) is 36.4 Å². The van der Waals surface area contributed by atoms with Crippen molar-refractivity contribution in [2.45, 2.75) is 24.8 Å². The Morgan fingerprint density at radius 2 is 1.86 bits per heavy atom. The van der Waals surface area contributed by atoms with Gasteiger partial charge in [0.1, 0.15) is 5.82 Å². The van der Waals surface area contributed by atoms with E-state index in [1.165, 1.54) is 6.07 Å². The number of benzene rings is 2. The summed E-state index contributed by atoms with van der Waals surface area (Å²) in [6.07, 6.45) is 1.92. The number of aromatic carboxylic acids is 1. The molecule has 0 radical (unpaired) electrons. The van der Waals surface area contributed by atoms with Crippen molar-refractivity contribution in [1.29, 1.82) is 0 Å². The van der Waals surface area contributed by atoms with Gasteiger partial charge in [0.2, 0.25) is 0 Å². The molecule has 3 nitrogen and oxygen atoms in total. The van der Waals surface area contributed by atoms with Crippen LogP contribution in [-0.2, 0) is 0 Å². The van der Waals surface area contributed by atoms with Crippen LogP contribution in [0.25, 0.3) is 0 Å². The number of carboxylic acid groups (broad SMARTS) is 1. The van der Waals surface area contributed by atoms with Crippen LogP contribution in [0.3, 0.4) is 0 Å². The molecule has 108 valence electrons. The molecular formula is C17H16FNO2. The molecule has 21 heavy (non-hydrogen) atoms. The zero-order chi connectivity index (χ0) is 14.8. The van der Waals surface area contributed by atoms with Gasteiger partial charge in [0, 0.05) is 11.7 Å². The number of halogens is 1. The van der Waals surface area contributed by atoms with E-state index < -0.39 is 5.97 Å². The van der Waals surface area contributed by atoms with Gasteiger partial charge in [-0.2, -0.15) is 0 Å². The number of hydrogen-bond acceptors (Lipinski definition) is 2. The van der Waals surface area contributed by atoms with Crippen molar-refractivity contribution in [2.75, 3.05) is 5.32 Å². The lowest BCUT2D eigenvalue weighted by Gasteiger charge is -2.37. The van der Waals surface area contributed by atoms with Crippen LogP contribution < -0.4 is 5.32 Å². The molecule has 0 spiro atoms. The quantitative estimate of drug-likeness (QED) is 0.896. The van der Waals surface area contributed by atoms with Crippen molar-refractivity contribution in [1.82, 2.24) is 0 Å². The normalized spacial score (nSPS) is 20.6. The summed E-state index contributed by atoms with van der Waals surface area (Å²) in [6, 6.07) is 13.9. The maximum Gasteiger partial charge on any atom is 0.335 e. The van der Waals surface area contributed by atoms with Crippen molar-refractivity contribution in [3.05, 3.63) is 65.5 Å². The van der Waals surface area contributed by atoms with Crippen LogP contribution >= 0.6 is 0 Å². The van der Waals surface area contributed by atoms with Gasteiger partial charge >= 0.3 is 5.97 Å². The second-order valence-corrected chi connectivity index (χ2v) is 5.45. The van der Waals surface area contributed by atoms with Crippen molar-refractivity contribution >= 4 is 11.7 Å². The molecule has 0 saturated heterocycles. The second kappa shape index (κ2) is 5.56. The minimum absolute atomic E-state index is 0.187. The van der Waals surface area contributed by atoms with E-state index in [0.717, 1.165) is 24.1 Å². The van der Waals surface area contributed by atoms with E-state index >= 15 is 0 Å². The molecule has 0 heterocycles. The highest BCUT2D eigenvalue weighted by molar-refractivity contribution is 5.88. The molecule has 0 atom stereocenters. The van der Waals surface area contributed by atoms with E-state index in [4.69, 9.17) is 5.11 Å². The molecule has 1 saturated carbocycles. The Morgan fingerprint density at radius 1 is 1.14 bits per heavy atom. The molecular weight excluding hydrogens is 269 g/mol. The second-order valence-electron chi connectivity index (χ2n) is 5.45. The van der Waals surface area contributed by atoms with Gasteiger partial charge in [-0.3, -0.25) is 0 Å². The summed E-state index contributed by atoms with van der Waals surface area (Å²) in [4.78, 5) is 10.8. The Morgan fingerprint density at radius 3 is 2.48 bits per heavy atom. The smallest absolute Gasteiger partial charge is 0.335 e. The number of carbonyl (C=O) groups is 1. The van der Waals surface area contributed by atoms with Gasteiger partial charge in [0.25, 0.3) is 0 Å². The van der Waals surface area contributed by atoms with Gasteiger partial charge < -0.3 is 10.4 Å². The Bertz CT molecular complexity index is 648. The van der Waals surface area contributed by atoms with Crippen LogP contribution in [0.15, 0.2) is 48.5 Å². The van der Waals surface area contributed by atoms with Crippen LogP contribution in [0.2, 0.25) is 0 Å². The Labute approximate surface area is 122 Å². The van der Waals surface area contributed by atoms with Crippen LogP contribution in [-0.4, -0.2) is 17.1 Å². The van der Waals surface area contributed by atoms with Gasteiger partial charge in [-0.15, -0.1) is 0 Å². The molecule has 2 aromatic rings. The molecule has 1 aliphatic rings. The molecule has 0 aliphatic heterocycles. The number of carboxylic acids is 1. The van der Waals surface area contributed by atoms with Crippen LogP contribution in [0, 0.1) is 5.82 Å². The Kier molecular flexibility index (Phi) is 3.60. The Hall–Kier alpha value is -2.36. The number of rotatable bonds is 4. The molecule has 1 aliphatic carbocycles. The van der Waals surface area contributed by atoms with E-state index in [1.807, 2.05) is 6.07 Å². The first-order valence-electron chi connectivity index (χ1n) is 6.97. The average molecular weight is 285 g/mol. The maximum atomic E-state index is 13.2. The predicted octanol–water partition coefficient (Wildman–Crippen LogP) is 3.88. The fraction of sp³-hybridized carbons (Fsp3) is 0.235. The van der Waals surface area contributed by atoms with Gasteiger partial charge in [0.15, 0.2) is 0 Å². The summed E-state index contributed by atoms with van der Waals surface area (Å²) >= 11 is 0. The first-order chi connectivity index (χ1) is 10.1. The first-order valence-corrected chi connectivity index (χ1v) is 6.97. The minimum atomic E-state index is -0.920. The van der Waals surface area contributed by atoms with Gasteiger partial charge in [-0.05, 0) is 60.7 Å². The zero-order valence-corrected chi connectivity index (χ0v) is 11.4. The van der Waals surface area contributed by atoms with Crippen LogP contribution in [0.4, 0.5) is 10.1 Å². The molecule has 3 rings (SSSR count). The fourth-order valence-corrected chi connectivity index (χ4v) is 2.71. The monoisotopic (exact) mass is 285 g/mol. The highest BCUT2D eigenvalue weighted by atomic mass is 19.1. The third kappa shape index (κ3) is 3.05. The first kappa shape index (κ1) is 13.6. The van der Waals surface area contributed by atoms with Crippen LogP contribution in [0.5, 0.6) is 0 Å². The maximum absolute atomic E-state index is 13.2. The summed E-state index contributed by atoms with van der Waals surface area (Å²) in [5.41, 5.74) is 2.25. The summed E-state index contributed by atoms with van der Waals surface area (Å²) in [7, 11) is 0. The van der Waals surface area contributed by atoms with Crippen molar-refractivity contribution in [2.24, 2.45) is 0 Å². The summed E-state index contributed by atoms with van der Waals surface area (Å²) in [5, 5.41) is 12.2. The summed E-state index contributed by atoms with van der Waals surface area (Å²) < 4.78 is 13.2. The lowest BCUT2D eigenvalue weighted by atomic mass is 9.76. The van der Waals surface area contributed by atoms with Gasteiger partial charge in [-0.25, -0.2) is 9.18 Å². The molecule has 4 heteroatoms. The molecule has 0 bridgehead atoms. The van der Waals surface area contributed by atoms with Gasteiger partial charge in [0.05, 0.1) is 5.56 Å². The number of hydrogen-bond donors (Lipinski definition) is 2. The summed E-state index contributed by atoms with van der Waals surface area (Å²) in [5.74, 6) is -0.707. The van der Waals surface area contributed by atoms with E-state index in [0.29, 0.717) is 12.0 Å². The molecule has 2 aromatic carbocycles. The molecule has 1 fully saturated rings. The van der Waals surface area contributed by atoms with E-state index in [-0.39, 0.29) is 11.4 Å². The fourth-order valence-electron chi connectivity index (χ4n) is 2.71. The third-order valence-corrected chi connectivity index (χ3v) is 3.96. The van der Waals surface area contributed by atoms with E-state index in [9.17, 15) is 9.18 Å². The van der Waals surface area contributed by atoms with E-state index in [2.05, 4.69) is 5.32 Å². The zero-order valence-electron chi connectivity index (χ0n) is 11.4.